The lowest BCUT2D eigenvalue weighted by molar-refractivity contribution is 0.0272. The Kier molecular flexibility index (Phi) is 5.73. The summed E-state index contributed by atoms with van der Waals surface area (Å²) in [4.78, 5) is 18.8. The number of aromatic nitrogens is 2. The average Bonchev–Trinajstić information content (AvgIpc) is 3.38. The fraction of sp³-hybridized carbons (Fsp3) is 0.278. The molecule has 0 bridgehead atoms. The lowest BCUT2D eigenvalue weighted by Crippen LogP contribution is -2.40. The molecule has 0 radical (unpaired) electrons. The molecule has 0 unspecified atom stereocenters. The van der Waals surface area contributed by atoms with E-state index < -0.39 is 27.6 Å². The highest BCUT2D eigenvalue weighted by Gasteiger charge is 2.26. The zero-order chi connectivity index (χ0) is 22.2. The van der Waals surface area contributed by atoms with E-state index in [0.29, 0.717) is 36.1 Å². The van der Waals surface area contributed by atoms with Crippen molar-refractivity contribution in [2.24, 2.45) is 0 Å². The molecule has 0 spiro atoms. The van der Waals surface area contributed by atoms with Crippen molar-refractivity contribution in [3.8, 4) is 10.7 Å². The quantitative estimate of drug-likeness (QED) is 0.610. The van der Waals surface area contributed by atoms with Gasteiger partial charge in [0.2, 0.25) is 5.82 Å². The van der Waals surface area contributed by atoms with Crippen LogP contribution in [0.3, 0.4) is 0 Å². The molecule has 164 valence electrons. The van der Waals surface area contributed by atoms with Gasteiger partial charge in [0.1, 0.15) is 4.90 Å². The molecule has 1 aromatic carbocycles. The minimum Gasteiger partial charge on any atom is -0.378 e. The number of aryl methyl sites for hydroxylation is 1. The number of sulfonamides is 1. The second-order valence-electron chi connectivity index (χ2n) is 6.59. The summed E-state index contributed by atoms with van der Waals surface area (Å²) in [5.41, 5.74) is -0.121. The Balaban J connectivity index is 1.56. The molecule has 1 aliphatic rings. The number of halogens is 2. The SMILES string of the molecule is Cc1sc(-c2noc(C(=O)N3CCOCC3)n2)cc1S(=O)(=O)Nc1ccc(F)c(F)c1. The summed E-state index contributed by atoms with van der Waals surface area (Å²) in [6.07, 6.45) is 0. The summed E-state index contributed by atoms with van der Waals surface area (Å²) in [5, 5.41) is 3.78. The van der Waals surface area contributed by atoms with E-state index in [1.807, 2.05) is 0 Å². The average molecular weight is 470 g/mol. The molecular formula is C18H16F2N4O5S2. The van der Waals surface area contributed by atoms with E-state index in [0.717, 1.165) is 29.5 Å². The van der Waals surface area contributed by atoms with Crippen LogP contribution in [0.1, 0.15) is 15.6 Å². The third-order valence-corrected chi connectivity index (χ3v) is 7.14. The molecule has 1 N–H and O–H groups in total. The highest BCUT2D eigenvalue weighted by Crippen LogP contribution is 2.33. The number of hydrogen-bond acceptors (Lipinski definition) is 8. The summed E-state index contributed by atoms with van der Waals surface area (Å²) in [6.45, 7) is 3.24. The van der Waals surface area contributed by atoms with Crippen LogP contribution in [-0.4, -0.2) is 55.7 Å². The van der Waals surface area contributed by atoms with E-state index in [4.69, 9.17) is 9.26 Å². The van der Waals surface area contributed by atoms with Gasteiger partial charge in [-0.05, 0) is 25.1 Å². The first-order valence-electron chi connectivity index (χ1n) is 9.04. The van der Waals surface area contributed by atoms with Crippen LogP contribution in [0.25, 0.3) is 10.7 Å². The molecule has 31 heavy (non-hydrogen) atoms. The normalized spacial score (nSPS) is 14.6. The van der Waals surface area contributed by atoms with E-state index in [1.54, 1.807) is 6.92 Å². The highest BCUT2D eigenvalue weighted by atomic mass is 32.2. The smallest absolute Gasteiger partial charge is 0.316 e. The minimum absolute atomic E-state index is 0.0685. The van der Waals surface area contributed by atoms with Gasteiger partial charge in [0.15, 0.2) is 11.6 Å². The zero-order valence-corrected chi connectivity index (χ0v) is 17.7. The van der Waals surface area contributed by atoms with Crippen molar-refractivity contribution in [1.82, 2.24) is 15.0 Å². The standard InChI is InChI=1S/C18H16F2N4O5S2/c1-10-15(31(26,27)23-11-2-3-12(19)13(20)8-11)9-14(30-10)16-21-17(29-22-16)18(25)24-4-6-28-7-5-24/h2-3,8-9,23H,4-7H2,1H3. The summed E-state index contributed by atoms with van der Waals surface area (Å²) >= 11 is 1.09. The number of hydrogen-bond donors (Lipinski definition) is 1. The molecule has 1 amide bonds. The number of rotatable bonds is 5. The van der Waals surface area contributed by atoms with Crippen molar-refractivity contribution in [2.75, 3.05) is 31.0 Å². The Morgan fingerprint density at radius 2 is 1.94 bits per heavy atom. The molecule has 9 nitrogen and oxygen atoms in total. The Morgan fingerprint density at radius 3 is 2.65 bits per heavy atom. The second kappa shape index (κ2) is 8.32. The number of benzene rings is 1. The number of carbonyl (C=O) groups excluding carboxylic acids is 1. The third kappa shape index (κ3) is 4.43. The number of morpholine rings is 1. The molecule has 1 aliphatic heterocycles. The molecule has 0 aliphatic carbocycles. The maximum atomic E-state index is 13.4. The van der Waals surface area contributed by atoms with Crippen LogP contribution in [-0.2, 0) is 14.8 Å². The molecule has 3 aromatic rings. The van der Waals surface area contributed by atoms with Gasteiger partial charge in [-0.2, -0.15) is 4.98 Å². The van der Waals surface area contributed by atoms with Crippen molar-refractivity contribution in [3.63, 3.8) is 0 Å². The summed E-state index contributed by atoms with van der Waals surface area (Å²) in [6, 6.07) is 4.01. The van der Waals surface area contributed by atoms with Crippen LogP contribution < -0.4 is 4.72 Å². The van der Waals surface area contributed by atoms with E-state index in [-0.39, 0.29) is 22.3 Å². The first-order valence-corrected chi connectivity index (χ1v) is 11.3. The van der Waals surface area contributed by atoms with E-state index in [9.17, 15) is 22.0 Å². The van der Waals surface area contributed by atoms with Crippen molar-refractivity contribution in [2.45, 2.75) is 11.8 Å². The molecule has 0 atom stereocenters. The molecule has 1 saturated heterocycles. The maximum absolute atomic E-state index is 13.4. The van der Waals surface area contributed by atoms with Gasteiger partial charge in [0, 0.05) is 24.0 Å². The van der Waals surface area contributed by atoms with Gasteiger partial charge in [0.05, 0.1) is 23.8 Å². The molecule has 13 heteroatoms. The van der Waals surface area contributed by atoms with Crippen LogP contribution >= 0.6 is 11.3 Å². The molecule has 2 aromatic heterocycles. The van der Waals surface area contributed by atoms with E-state index >= 15 is 0 Å². The van der Waals surface area contributed by atoms with Crippen LogP contribution in [0.15, 0.2) is 33.7 Å². The molecular weight excluding hydrogens is 454 g/mol. The van der Waals surface area contributed by atoms with Gasteiger partial charge in [-0.3, -0.25) is 9.52 Å². The minimum atomic E-state index is -4.09. The number of carbonyl (C=O) groups is 1. The molecule has 3 heterocycles. The monoisotopic (exact) mass is 470 g/mol. The van der Waals surface area contributed by atoms with Gasteiger partial charge in [-0.1, -0.05) is 5.16 Å². The summed E-state index contributed by atoms with van der Waals surface area (Å²) in [7, 11) is -4.09. The second-order valence-corrected chi connectivity index (χ2v) is 9.50. The largest absolute Gasteiger partial charge is 0.378 e. The maximum Gasteiger partial charge on any atom is 0.316 e. The first-order chi connectivity index (χ1) is 14.7. The van der Waals surface area contributed by atoms with E-state index in [1.165, 1.54) is 11.0 Å². The lowest BCUT2D eigenvalue weighted by atomic mass is 10.3. The molecule has 0 saturated carbocycles. The Hall–Kier alpha value is -2.90. The van der Waals surface area contributed by atoms with Gasteiger partial charge in [-0.15, -0.1) is 11.3 Å². The fourth-order valence-corrected chi connectivity index (χ4v) is 5.49. The predicted molar refractivity (Wildman–Crippen MR) is 106 cm³/mol. The van der Waals surface area contributed by atoms with Crippen molar-refractivity contribution in [1.29, 1.82) is 0 Å². The van der Waals surface area contributed by atoms with E-state index in [2.05, 4.69) is 14.9 Å². The number of thiophene rings is 1. The predicted octanol–water partition coefficient (Wildman–Crippen LogP) is 2.66. The number of nitrogens with one attached hydrogen (secondary N) is 1. The topological polar surface area (TPSA) is 115 Å². The molecule has 4 rings (SSSR count). The number of anilines is 1. The number of nitrogens with zero attached hydrogens (tertiary/aromatic N) is 3. The van der Waals surface area contributed by atoms with Gasteiger partial charge in [0.25, 0.3) is 10.0 Å². The van der Waals surface area contributed by atoms with Crippen molar-refractivity contribution >= 4 is 33.0 Å². The zero-order valence-electron chi connectivity index (χ0n) is 16.1. The number of amides is 1. The Labute approximate surface area is 179 Å². The number of ether oxygens (including phenoxy) is 1. The van der Waals surface area contributed by atoms with Crippen LogP contribution in [0, 0.1) is 18.6 Å². The highest BCUT2D eigenvalue weighted by molar-refractivity contribution is 7.93. The molecule has 1 fully saturated rings. The third-order valence-electron chi connectivity index (χ3n) is 4.46. The van der Waals surface area contributed by atoms with Crippen LogP contribution in [0.4, 0.5) is 14.5 Å². The van der Waals surface area contributed by atoms with Crippen molar-refractivity contribution < 1.29 is 31.3 Å². The Morgan fingerprint density at radius 1 is 1.19 bits per heavy atom. The van der Waals surface area contributed by atoms with Crippen molar-refractivity contribution in [3.05, 3.63) is 46.7 Å². The summed E-state index contributed by atoms with van der Waals surface area (Å²) in [5.74, 6) is -2.82. The van der Waals surface area contributed by atoms with Gasteiger partial charge >= 0.3 is 11.8 Å². The lowest BCUT2D eigenvalue weighted by Gasteiger charge is -2.25. The van der Waals surface area contributed by atoms with Gasteiger partial charge < -0.3 is 14.2 Å². The first kappa shape index (κ1) is 21.3. The van der Waals surface area contributed by atoms with Crippen LogP contribution in [0.2, 0.25) is 0 Å². The Bertz CT molecular complexity index is 1240. The summed E-state index contributed by atoms with van der Waals surface area (Å²) < 4.78 is 64.4. The fourth-order valence-electron chi connectivity index (χ4n) is 2.92. The van der Waals surface area contributed by atoms with Gasteiger partial charge in [-0.25, -0.2) is 17.2 Å². The van der Waals surface area contributed by atoms with Crippen LogP contribution in [0.5, 0.6) is 0 Å².